The summed E-state index contributed by atoms with van der Waals surface area (Å²) in [6, 6.07) is 2.23. The van der Waals surface area contributed by atoms with Gasteiger partial charge in [-0.15, -0.1) is 0 Å². The first kappa shape index (κ1) is 24.2. The fraction of sp³-hybridized carbons (Fsp3) is 0.522. The number of benzene rings is 1. The molecule has 0 bridgehead atoms. The van der Waals surface area contributed by atoms with Gasteiger partial charge < -0.3 is 15.2 Å². The van der Waals surface area contributed by atoms with E-state index in [2.05, 4.69) is 20.4 Å². The fourth-order valence-corrected chi connectivity index (χ4v) is 5.67. The Bertz CT molecular complexity index is 1310. The molecular weight excluding hydrogens is 520 g/mol. The Morgan fingerprint density at radius 1 is 1.19 bits per heavy atom. The normalized spacial score (nSPS) is 30.1. The van der Waals surface area contributed by atoms with E-state index in [1.165, 1.54) is 6.20 Å². The SMILES string of the molecule is O[C@H]1COC[C@H]1N1CC[C@@H](c2cc3nc(Nc4cnn([C@@H]5CC5(F)F)c4Cl)ncc3cc2Cl)[C@H](F)C1. The Morgan fingerprint density at radius 2 is 2.00 bits per heavy atom. The summed E-state index contributed by atoms with van der Waals surface area (Å²) in [5, 5.41) is 18.1. The molecule has 3 aliphatic rings. The first-order valence-corrected chi connectivity index (χ1v) is 12.4. The van der Waals surface area contributed by atoms with Gasteiger partial charge in [-0.1, -0.05) is 23.2 Å². The number of aliphatic hydroxyl groups is 1. The molecule has 13 heteroatoms. The van der Waals surface area contributed by atoms with Crippen molar-refractivity contribution in [1.82, 2.24) is 24.6 Å². The molecule has 0 amide bonds. The van der Waals surface area contributed by atoms with E-state index in [-0.39, 0.29) is 36.7 Å². The monoisotopic (exact) mass is 542 g/mol. The van der Waals surface area contributed by atoms with Gasteiger partial charge in [0.25, 0.3) is 5.92 Å². The van der Waals surface area contributed by atoms with E-state index in [9.17, 15) is 13.9 Å². The second-order valence-electron chi connectivity index (χ2n) is 9.60. The molecule has 3 aromatic rings. The van der Waals surface area contributed by atoms with Gasteiger partial charge in [0, 0.05) is 35.5 Å². The first-order chi connectivity index (χ1) is 17.2. The lowest BCUT2D eigenvalue weighted by atomic mass is 9.86. The van der Waals surface area contributed by atoms with Crippen molar-refractivity contribution in [2.45, 2.75) is 49.0 Å². The average molecular weight is 543 g/mol. The Hall–Kier alpha value is -2.18. The summed E-state index contributed by atoms with van der Waals surface area (Å²) in [5.74, 6) is -3.03. The number of fused-ring (bicyclic) bond motifs is 1. The van der Waals surface area contributed by atoms with Crippen LogP contribution >= 0.6 is 23.2 Å². The third-order valence-electron chi connectivity index (χ3n) is 7.23. The minimum absolute atomic E-state index is 0.0440. The fourth-order valence-electron chi connectivity index (χ4n) is 5.11. The molecule has 2 N–H and O–H groups in total. The molecule has 0 unspecified atom stereocenters. The maximum Gasteiger partial charge on any atom is 0.272 e. The number of aliphatic hydroxyl groups excluding tert-OH is 1. The van der Waals surface area contributed by atoms with Crippen molar-refractivity contribution >= 4 is 45.7 Å². The van der Waals surface area contributed by atoms with Crippen molar-refractivity contribution in [3.63, 3.8) is 0 Å². The number of nitrogens with one attached hydrogen (secondary N) is 1. The number of anilines is 2. The van der Waals surface area contributed by atoms with Gasteiger partial charge in [0.15, 0.2) is 5.15 Å². The van der Waals surface area contributed by atoms with Crippen LogP contribution in [0, 0.1) is 0 Å². The molecule has 3 fully saturated rings. The van der Waals surface area contributed by atoms with Crippen molar-refractivity contribution in [2.24, 2.45) is 0 Å². The second-order valence-corrected chi connectivity index (χ2v) is 10.4. The van der Waals surface area contributed by atoms with E-state index in [4.69, 9.17) is 27.9 Å². The van der Waals surface area contributed by atoms with Crippen LogP contribution in [-0.4, -0.2) is 80.3 Å². The Labute approximate surface area is 214 Å². The smallest absolute Gasteiger partial charge is 0.272 e. The van der Waals surface area contributed by atoms with Crippen LogP contribution in [0.4, 0.5) is 24.8 Å². The number of hydrogen-bond donors (Lipinski definition) is 2. The lowest BCUT2D eigenvalue weighted by Gasteiger charge is -2.39. The van der Waals surface area contributed by atoms with Gasteiger partial charge in [-0.25, -0.2) is 27.8 Å². The summed E-state index contributed by atoms with van der Waals surface area (Å²) in [5.41, 5.74) is 1.52. The summed E-state index contributed by atoms with van der Waals surface area (Å²) in [7, 11) is 0. The van der Waals surface area contributed by atoms with E-state index in [1.54, 1.807) is 18.3 Å². The summed E-state index contributed by atoms with van der Waals surface area (Å²) in [6.45, 7) is 1.47. The van der Waals surface area contributed by atoms with Crippen molar-refractivity contribution in [1.29, 1.82) is 0 Å². The molecule has 1 saturated carbocycles. The van der Waals surface area contributed by atoms with Gasteiger partial charge in [0.1, 0.15) is 12.2 Å². The van der Waals surface area contributed by atoms with Crippen LogP contribution in [0.15, 0.2) is 24.5 Å². The summed E-state index contributed by atoms with van der Waals surface area (Å²) < 4.78 is 48.6. The van der Waals surface area contributed by atoms with E-state index in [1.807, 2.05) is 4.90 Å². The highest BCUT2D eigenvalue weighted by Crippen LogP contribution is 2.53. The highest BCUT2D eigenvalue weighted by Gasteiger charge is 2.59. The lowest BCUT2D eigenvalue weighted by Crippen LogP contribution is -2.50. The molecule has 1 aromatic carbocycles. The van der Waals surface area contributed by atoms with Crippen LogP contribution in [0.5, 0.6) is 0 Å². The topological polar surface area (TPSA) is 88.3 Å². The molecule has 1 aliphatic carbocycles. The number of nitrogens with zero attached hydrogens (tertiary/aromatic N) is 5. The Balaban J connectivity index is 1.22. The van der Waals surface area contributed by atoms with Gasteiger partial charge in [0.2, 0.25) is 5.95 Å². The molecule has 8 nitrogen and oxygen atoms in total. The Morgan fingerprint density at radius 3 is 2.69 bits per heavy atom. The molecule has 6 rings (SSSR count). The second kappa shape index (κ2) is 8.98. The number of likely N-dealkylation sites (tertiary alicyclic amines) is 1. The van der Waals surface area contributed by atoms with Crippen LogP contribution in [0.2, 0.25) is 10.2 Å². The molecular formula is C23H23Cl2F3N6O2. The number of aromatic nitrogens is 4. The van der Waals surface area contributed by atoms with E-state index in [0.29, 0.717) is 46.7 Å². The molecule has 5 atom stereocenters. The zero-order valence-electron chi connectivity index (χ0n) is 18.9. The molecule has 0 radical (unpaired) electrons. The summed E-state index contributed by atoms with van der Waals surface area (Å²) in [4.78, 5) is 10.7. The zero-order valence-corrected chi connectivity index (χ0v) is 20.4. The molecule has 36 heavy (non-hydrogen) atoms. The van der Waals surface area contributed by atoms with Gasteiger partial charge in [-0.05, 0) is 30.7 Å². The molecule has 4 heterocycles. The zero-order chi connectivity index (χ0) is 25.2. The van der Waals surface area contributed by atoms with Gasteiger partial charge in [0.05, 0.1) is 42.8 Å². The number of piperidine rings is 1. The van der Waals surface area contributed by atoms with Gasteiger partial charge in [-0.3, -0.25) is 4.90 Å². The maximum absolute atomic E-state index is 15.3. The van der Waals surface area contributed by atoms with Crippen LogP contribution in [0.1, 0.15) is 30.4 Å². The van der Waals surface area contributed by atoms with Crippen molar-refractivity contribution in [2.75, 3.05) is 31.6 Å². The number of rotatable bonds is 5. The first-order valence-electron chi connectivity index (χ1n) is 11.7. The molecule has 2 saturated heterocycles. The quantitative estimate of drug-likeness (QED) is 0.495. The van der Waals surface area contributed by atoms with Crippen molar-refractivity contribution in [3.8, 4) is 0 Å². The lowest BCUT2D eigenvalue weighted by molar-refractivity contribution is 0.0353. The predicted octanol–water partition coefficient (Wildman–Crippen LogP) is 4.34. The van der Waals surface area contributed by atoms with Crippen LogP contribution in [-0.2, 0) is 4.74 Å². The van der Waals surface area contributed by atoms with E-state index < -0.39 is 30.2 Å². The van der Waals surface area contributed by atoms with Crippen LogP contribution < -0.4 is 5.32 Å². The standard InChI is InChI=1S/C23H23Cl2F3N6O2/c24-14-3-11-6-29-22(32-17-7-30-34(21(17)25)20-5-23(20,27)28)31-16(11)4-13(14)12-1-2-33(8-15(12)26)18-9-36-10-19(18)35/h3-4,6-7,12,15,18-20,35H,1-2,5,8-10H2,(H,29,31,32)/t12-,15+,18+,19-,20+/m0/s1. The maximum atomic E-state index is 15.3. The summed E-state index contributed by atoms with van der Waals surface area (Å²) in [6.07, 6.45) is 1.38. The van der Waals surface area contributed by atoms with Gasteiger partial charge >= 0.3 is 0 Å². The minimum atomic E-state index is -2.81. The number of hydrogen-bond acceptors (Lipinski definition) is 7. The molecule has 2 aromatic heterocycles. The van der Waals surface area contributed by atoms with Crippen molar-refractivity contribution in [3.05, 3.63) is 40.3 Å². The van der Waals surface area contributed by atoms with Gasteiger partial charge in [-0.2, -0.15) is 5.10 Å². The van der Waals surface area contributed by atoms with Crippen LogP contribution in [0.3, 0.4) is 0 Å². The van der Waals surface area contributed by atoms with Crippen LogP contribution in [0.25, 0.3) is 10.9 Å². The molecule has 0 spiro atoms. The third kappa shape index (κ3) is 4.30. The largest absolute Gasteiger partial charge is 0.389 e. The highest BCUT2D eigenvalue weighted by atomic mass is 35.5. The predicted molar refractivity (Wildman–Crippen MR) is 128 cm³/mol. The third-order valence-corrected chi connectivity index (χ3v) is 7.93. The number of halogens is 5. The van der Waals surface area contributed by atoms with E-state index in [0.717, 1.165) is 4.68 Å². The highest BCUT2D eigenvalue weighted by molar-refractivity contribution is 6.32. The minimum Gasteiger partial charge on any atom is -0.389 e. The number of ether oxygens (including phenoxy) is 1. The van der Waals surface area contributed by atoms with Crippen molar-refractivity contribution < 1.29 is 23.0 Å². The molecule has 2 aliphatic heterocycles. The van der Waals surface area contributed by atoms with E-state index >= 15 is 4.39 Å². The summed E-state index contributed by atoms with van der Waals surface area (Å²) >= 11 is 12.8. The Kier molecular flexibility index (Phi) is 6.03. The average Bonchev–Trinajstić information content (AvgIpc) is 3.12. The number of alkyl halides is 3. The molecule has 192 valence electrons.